The first-order valence-corrected chi connectivity index (χ1v) is 5.89. The van der Waals surface area contributed by atoms with Crippen LogP contribution in [0.1, 0.15) is 18.4 Å². The number of hydrogen-bond donors (Lipinski definition) is 1. The lowest BCUT2D eigenvalue weighted by molar-refractivity contribution is 0.101. The van der Waals surface area contributed by atoms with Crippen molar-refractivity contribution >= 4 is 11.6 Å². The fraction of sp³-hybridized carbons (Fsp3) is 0.500. The SMILES string of the molecule is Fc1c(Cl)cccc1COCC1CCCN1. The zero-order valence-corrected chi connectivity index (χ0v) is 9.77. The Hall–Kier alpha value is -0.640. The summed E-state index contributed by atoms with van der Waals surface area (Å²) >= 11 is 5.68. The Labute approximate surface area is 99.7 Å². The van der Waals surface area contributed by atoms with Gasteiger partial charge in [0, 0.05) is 11.6 Å². The van der Waals surface area contributed by atoms with E-state index in [-0.39, 0.29) is 17.4 Å². The molecule has 1 saturated heterocycles. The van der Waals surface area contributed by atoms with E-state index >= 15 is 0 Å². The van der Waals surface area contributed by atoms with E-state index in [1.165, 1.54) is 6.42 Å². The molecular weight excluding hydrogens is 229 g/mol. The van der Waals surface area contributed by atoms with Crippen molar-refractivity contribution in [3.8, 4) is 0 Å². The molecule has 0 amide bonds. The van der Waals surface area contributed by atoms with Crippen LogP contribution in [0.4, 0.5) is 4.39 Å². The van der Waals surface area contributed by atoms with Crippen LogP contribution in [0.15, 0.2) is 18.2 Å². The molecule has 0 bridgehead atoms. The summed E-state index contributed by atoms with van der Waals surface area (Å²) in [6, 6.07) is 5.39. The second-order valence-corrected chi connectivity index (χ2v) is 4.43. The summed E-state index contributed by atoms with van der Waals surface area (Å²) in [5, 5.41) is 3.48. The molecule has 0 radical (unpaired) electrons. The van der Waals surface area contributed by atoms with Gasteiger partial charge in [0.25, 0.3) is 0 Å². The second kappa shape index (κ2) is 5.62. The summed E-state index contributed by atoms with van der Waals surface area (Å²) < 4.78 is 19.0. The molecule has 1 unspecified atom stereocenters. The molecule has 1 atom stereocenters. The molecular formula is C12H15ClFNO. The Balaban J connectivity index is 1.82. The summed E-state index contributed by atoms with van der Waals surface area (Å²) in [6.45, 7) is 1.97. The lowest BCUT2D eigenvalue weighted by Gasteiger charge is -2.11. The highest BCUT2D eigenvalue weighted by Crippen LogP contribution is 2.18. The Morgan fingerprint density at radius 1 is 1.50 bits per heavy atom. The van der Waals surface area contributed by atoms with Crippen LogP contribution in [0.5, 0.6) is 0 Å². The van der Waals surface area contributed by atoms with Gasteiger partial charge in [-0.15, -0.1) is 0 Å². The molecule has 0 aromatic heterocycles. The molecule has 88 valence electrons. The van der Waals surface area contributed by atoms with Crippen LogP contribution in [0.2, 0.25) is 5.02 Å². The molecule has 2 nitrogen and oxygen atoms in total. The summed E-state index contributed by atoms with van der Waals surface area (Å²) in [6.07, 6.45) is 2.33. The standard InChI is InChI=1S/C12H15ClFNO/c13-11-5-1-3-9(12(11)14)7-16-8-10-4-2-6-15-10/h1,3,5,10,15H,2,4,6-8H2. The molecule has 1 fully saturated rings. The van der Waals surface area contributed by atoms with Gasteiger partial charge in [0.2, 0.25) is 0 Å². The van der Waals surface area contributed by atoms with E-state index in [1.54, 1.807) is 18.2 Å². The Morgan fingerprint density at radius 3 is 3.12 bits per heavy atom. The highest BCUT2D eigenvalue weighted by Gasteiger charge is 2.14. The van der Waals surface area contributed by atoms with Crippen LogP contribution in [-0.2, 0) is 11.3 Å². The number of nitrogens with one attached hydrogen (secondary N) is 1. The molecule has 0 spiro atoms. The van der Waals surface area contributed by atoms with Gasteiger partial charge in [-0.05, 0) is 25.5 Å². The summed E-state index contributed by atoms with van der Waals surface area (Å²) in [5.74, 6) is -0.372. The first kappa shape index (κ1) is 11.8. The van der Waals surface area contributed by atoms with E-state index < -0.39 is 0 Å². The lowest BCUT2D eigenvalue weighted by atomic mass is 10.2. The highest BCUT2D eigenvalue weighted by molar-refractivity contribution is 6.30. The number of rotatable bonds is 4. The molecule has 0 aliphatic carbocycles. The van der Waals surface area contributed by atoms with Crippen molar-refractivity contribution in [2.75, 3.05) is 13.2 Å². The molecule has 0 saturated carbocycles. The highest BCUT2D eigenvalue weighted by atomic mass is 35.5. The maximum Gasteiger partial charge on any atom is 0.147 e. The van der Waals surface area contributed by atoms with E-state index in [2.05, 4.69) is 5.32 Å². The average molecular weight is 244 g/mol. The lowest BCUT2D eigenvalue weighted by Crippen LogP contribution is -2.26. The van der Waals surface area contributed by atoms with Crippen molar-refractivity contribution in [3.05, 3.63) is 34.6 Å². The van der Waals surface area contributed by atoms with Gasteiger partial charge in [-0.2, -0.15) is 0 Å². The van der Waals surface area contributed by atoms with Gasteiger partial charge in [-0.25, -0.2) is 4.39 Å². The van der Waals surface area contributed by atoms with Crippen molar-refractivity contribution in [1.82, 2.24) is 5.32 Å². The van der Waals surface area contributed by atoms with Crippen LogP contribution >= 0.6 is 11.6 Å². The zero-order valence-electron chi connectivity index (χ0n) is 9.01. The van der Waals surface area contributed by atoms with Crippen LogP contribution in [0.3, 0.4) is 0 Å². The summed E-state index contributed by atoms with van der Waals surface area (Å²) in [5.41, 5.74) is 0.519. The van der Waals surface area contributed by atoms with Gasteiger partial charge < -0.3 is 10.1 Å². The predicted molar refractivity (Wildman–Crippen MR) is 62.1 cm³/mol. The molecule has 16 heavy (non-hydrogen) atoms. The topological polar surface area (TPSA) is 21.3 Å². The normalized spacial score (nSPS) is 20.2. The third-order valence-corrected chi connectivity index (χ3v) is 3.06. The van der Waals surface area contributed by atoms with Crippen molar-refractivity contribution < 1.29 is 9.13 Å². The van der Waals surface area contributed by atoms with E-state index in [9.17, 15) is 4.39 Å². The first-order valence-electron chi connectivity index (χ1n) is 5.51. The van der Waals surface area contributed by atoms with E-state index in [0.29, 0.717) is 18.2 Å². The van der Waals surface area contributed by atoms with E-state index in [4.69, 9.17) is 16.3 Å². The second-order valence-electron chi connectivity index (χ2n) is 4.02. The average Bonchev–Trinajstić information content (AvgIpc) is 2.77. The third kappa shape index (κ3) is 2.94. The van der Waals surface area contributed by atoms with Gasteiger partial charge >= 0.3 is 0 Å². The van der Waals surface area contributed by atoms with E-state index in [1.807, 2.05) is 0 Å². The smallest absolute Gasteiger partial charge is 0.147 e. The van der Waals surface area contributed by atoms with Gasteiger partial charge in [0.15, 0.2) is 0 Å². The molecule has 1 aromatic rings. The van der Waals surface area contributed by atoms with Crippen molar-refractivity contribution in [2.45, 2.75) is 25.5 Å². The molecule has 1 N–H and O–H groups in total. The van der Waals surface area contributed by atoms with Gasteiger partial charge in [0.1, 0.15) is 5.82 Å². The summed E-state index contributed by atoms with van der Waals surface area (Å²) in [4.78, 5) is 0. The molecule has 2 rings (SSSR count). The minimum absolute atomic E-state index is 0.153. The molecule has 1 aliphatic rings. The molecule has 4 heteroatoms. The third-order valence-electron chi connectivity index (χ3n) is 2.77. The maximum absolute atomic E-state index is 13.5. The zero-order chi connectivity index (χ0) is 11.4. The van der Waals surface area contributed by atoms with Gasteiger partial charge in [0.05, 0.1) is 18.2 Å². The molecule has 1 aliphatic heterocycles. The van der Waals surface area contributed by atoms with Crippen LogP contribution in [0, 0.1) is 5.82 Å². The Morgan fingerprint density at radius 2 is 2.38 bits per heavy atom. The van der Waals surface area contributed by atoms with Gasteiger partial charge in [-0.1, -0.05) is 23.7 Å². The molecule has 1 heterocycles. The van der Waals surface area contributed by atoms with Crippen molar-refractivity contribution in [2.24, 2.45) is 0 Å². The Bertz CT molecular complexity index is 353. The fourth-order valence-corrected chi connectivity index (χ4v) is 2.06. The fourth-order valence-electron chi connectivity index (χ4n) is 1.87. The van der Waals surface area contributed by atoms with E-state index in [0.717, 1.165) is 13.0 Å². The minimum Gasteiger partial charge on any atom is -0.375 e. The number of halogens is 2. The van der Waals surface area contributed by atoms with Crippen LogP contribution in [0.25, 0.3) is 0 Å². The predicted octanol–water partition coefficient (Wildman–Crippen LogP) is 2.75. The van der Waals surface area contributed by atoms with Crippen molar-refractivity contribution in [3.63, 3.8) is 0 Å². The summed E-state index contributed by atoms with van der Waals surface area (Å²) in [7, 11) is 0. The number of benzene rings is 1. The largest absolute Gasteiger partial charge is 0.375 e. The minimum atomic E-state index is -0.372. The van der Waals surface area contributed by atoms with Crippen LogP contribution in [-0.4, -0.2) is 19.2 Å². The monoisotopic (exact) mass is 243 g/mol. The first-order chi connectivity index (χ1) is 7.77. The Kier molecular flexibility index (Phi) is 4.16. The van der Waals surface area contributed by atoms with Gasteiger partial charge in [-0.3, -0.25) is 0 Å². The molecule has 1 aromatic carbocycles. The van der Waals surface area contributed by atoms with Crippen molar-refractivity contribution in [1.29, 1.82) is 0 Å². The van der Waals surface area contributed by atoms with Crippen LogP contribution < -0.4 is 5.32 Å². The number of hydrogen-bond acceptors (Lipinski definition) is 2. The number of ether oxygens (including phenoxy) is 1. The quantitative estimate of drug-likeness (QED) is 0.878. The maximum atomic E-state index is 13.5.